The van der Waals surface area contributed by atoms with Crippen molar-refractivity contribution < 1.29 is 9.26 Å². The molecule has 0 unspecified atom stereocenters. The van der Waals surface area contributed by atoms with Crippen LogP contribution in [0.15, 0.2) is 33.5 Å². The van der Waals surface area contributed by atoms with Crippen LogP contribution in [-0.2, 0) is 10.8 Å². The zero-order chi connectivity index (χ0) is 42.0. The Bertz CT molecular complexity index is 1970. The summed E-state index contributed by atoms with van der Waals surface area (Å²) in [4.78, 5) is 0. The number of hydrogen-bond acceptors (Lipinski definition) is 6. The standard InChI is InChI=1S/C52H72I2N4O2/c1-5-9-13-17-21-25-29-51(30-26-22-18-14-10-6-2)39-33-38-40(34-37(39)45-41(51)35-43(53)47-49(45)57-59-55-47)52(31-27-23-19-15-11-7-3,32-28-24-20-16-12-8-4)42-36-44(54)48-50(46(38)42)58-60-56-48/h33-36H,5-32H2,1-4H3. The molecule has 2 aromatic heterocycles. The van der Waals surface area contributed by atoms with E-state index >= 15 is 0 Å². The fourth-order valence-corrected chi connectivity index (χ4v) is 12.7. The van der Waals surface area contributed by atoms with Crippen LogP contribution in [0.25, 0.3) is 44.3 Å². The van der Waals surface area contributed by atoms with E-state index in [-0.39, 0.29) is 10.8 Å². The molecule has 0 saturated heterocycles. The first-order valence-electron chi connectivity index (χ1n) is 24.6. The molecule has 2 heterocycles. The first kappa shape index (κ1) is 45.9. The van der Waals surface area contributed by atoms with Crippen LogP contribution < -0.4 is 0 Å². The second-order valence-corrected chi connectivity index (χ2v) is 21.0. The highest BCUT2D eigenvalue weighted by Gasteiger charge is 2.50. The molecule has 60 heavy (non-hydrogen) atoms. The van der Waals surface area contributed by atoms with E-state index in [9.17, 15) is 0 Å². The molecule has 0 radical (unpaired) electrons. The van der Waals surface area contributed by atoms with Gasteiger partial charge in [0.05, 0.1) is 0 Å². The quantitative estimate of drug-likeness (QED) is 0.0367. The normalized spacial score (nSPS) is 14.6. The van der Waals surface area contributed by atoms with Gasteiger partial charge in [0.2, 0.25) is 0 Å². The van der Waals surface area contributed by atoms with Crippen LogP contribution in [0.2, 0.25) is 0 Å². The zero-order valence-electron chi connectivity index (χ0n) is 37.5. The topological polar surface area (TPSA) is 77.8 Å². The molecule has 2 aliphatic carbocycles. The molecule has 0 spiro atoms. The summed E-state index contributed by atoms with van der Waals surface area (Å²) in [5.74, 6) is 0. The van der Waals surface area contributed by atoms with Gasteiger partial charge in [-0.05, 0) is 149 Å². The Morgan fingerprint density at radius 3 is 0.967 bits per heavy atom. The Kier molecular flexibility index (Phi) is 16.9. The van der Waals surface area contributed by atoms with Gasteiger partial charge in [0.25, 0.3) is 0 Å². The summed E-state index contributed by atoms with van der Waals surface area (Å²) in [6, 6.07) is 10.3. The van der Waals surface area contributed by atoms with Gasteiger partial charge in [-0.1, -0.05) is 182 Å². The second kappa shape index (κ2) is 22.0. The lowest BCUT2D eigenvalue weighted by Crippen LogP contribution is -2.27. The highest BCUT2D eigenvalue weighted by molar-refractivity contribution is 14.1. The number of unbranched alkanes of at least 4 members (excludes halogenated alkanes) is 20. The molecular weight excluding hydrogens is 966 g/mol. The van der Waals surface area contributed by atoms with Crippen molar-refractivity contribution in [2.45, 2.75) is 218 Å². The van der Waals surface area contributed by atoms with Gasteiger partial charge < -0.3 is 0 Å². The van der Waals surface area contributed by atoms with E-state index in [2.05, 4.69) is 107 Å². The van der Waals surface area contributed by atoms with Crippen molar-refractivity contribution in [3.05, 3.63) is 53.7 Å². The van der Waals surface area contributed by atoms with Crippen molar-refractivity contribution >= 4 is 67.2 Å². The van der Waals surface area contributed by atoms with Gasteiger partial charge in [0.15, 0.2) is 0 Å². The van der Waals surface area contributed by atoms with E-state index in [4.69, 9.17) is 19.6 Å². The van der Waals surface area contributed by atoms with E-state index in [0.717, 1.165) is 54.9 Å². The second-order valence-electron chi connectivity index (χ2n) is 18.7. The largest absolute Gasteiger partial charge is 0.243 e. The number of benzene rings is 3. The molecule has 2 aliphatic rings. The van der Waals surface area contributed by atoms with Gasteiger partial charge in [-0.3, -0.25) is 0 Å². The fraction of sp³-hybridized carbons (Fsp3) is 0.654. The zero-order valence-corrected chi connectivity index (χ0v) is 41.8. The highest BCUT2D eigenvalue weighted by atomic mass is 127. The third-order valence-electron chi connectivity index (χ3n) is 14.6. The Balaban J connectivity index is 1.41. The Morgan fingerprint density at radius 2 is 0.650 bits per heavy atom. The molecule has 6 nitrogen and oxygen atoms in total. The molecule has 0 N–H and O–H groups in total. The molecule has 3 aromatic carbocycles. The lowest BCUT2D eigenvalue weighted by molar-refractivity contribution is 0.315. The van der Waals surface area contributed by atoms with Crippen LogP contribution in [0.5, 0.6) is 0 Å². The minimum atomic E-state index is -0.101. The molecule has 326 valence electrons. The molecule has 7 rings (SSSR count). The van der Waals surface area contributed by atoms with Crippen LogP contribution in [-0.4, -0.2) is 20.6 Å². The van der Waals surface area contributed by atoms with E-state index in [0.29, 0.717) is 0 Å². The van der Waals surface area contributed by atoms with E-state index in [1.54, 1.807) is 0 Å². The van der Waals surface area contributed by atoms with Crippen molar-refractivity contribution in [2.24, 2.45) is 0 Å². The summed E-state index contributed by atoms with van der Waals surface area (Å²) < 4.78 is 13.5. The van der Waals surface area contributed by atoms with Crippen LogP contribution in [0.4, 0.5) is 0 Å². The maximum absolute atomic E-state index is 5.62. The van der Waals surface area contributed by atoms with Gasteiger partial charge >= 0.3 is 0 Å². The Hall–Kier alpha value is -2.08. The summed E-state index contributed by atoms with van der Waals surface area (Å²) >= 11 is 5.00. The van der Waals surface area contributed by atoms with E-state index < -0.39 is 0 Å². The van der Waals surface area contributed by atoms with Crippen molar-refractivity contribution in [3.8, 4) is 22.3 Å². The SMILES string of the molecule is CCCCCCCCC1(CCCCCCCC)c2cc3c(cc2-c2c1cc(I)c1nonc21)C(CCCCCCCC)(CCCCCCCC)c1cc(I)c2nonc2c1-3. The number of rotatable bonds is 28. The molecular formula is C52H72I2N4O2. The minimum Gasteiger partial charge on any atom is -0.243 e. The molecule has 0 aliphatic heterocycles. The van der Waals surface area contributed by atoms with E-state index in [1.807, 2.05) is 0 Å². The monoisotopic (exact) mass is 1040 g/mol. The van der Waals surface area contributed by atoms with Crippen LogP contribution in [0.1, 0.15) is 230 Å². The van der Waals surface area contributed by atoms with Crippen molar-refractivity contribution in [1.29, 1.82) is 0 Å². The number of halogens is 2. The predicted molar refractivity (Wildman–Crippen MR) is 267 cm³/mol. The fourth-order valence-electron chi connectivity index (χ4n) is 11.4. The van der Waals surface area contributed by atoms with Gasteiger partial charge in [0.1, 0.15) is 22.1 Å². The smallest absolute Gasteiger partial charge is 0.149 e. The van der Waals surface area contributed by atoms with Gasteiger partial charge in [-0.15, -0.1) is 0 Å². The van der Waals surface area contributed by atoms with Gasteiger partial charge in [-0.2, -0.15) is 0 Å². The molecule has 0 saturated carbocycles. The van der Waals surface area contributed by atoms with E-state index in [1.165, 1.54) is 199 Å². The summed E-state index contributed by atoms with van der Waals surface area (Å²) in [6.45, 7) is 9.27. The minimum absolute atomic E-state index is 0.101. The predicted octanol–water partition coefficient (Wildman–Crippen LogP) is 17.5. The van der Waals surface area contributed by atoms with Crippen molar-refractivity contribution in [3.63, 3.8) is 0 Å². The maximum atomic E-state index is 5.62. The molecule has 0 bridgehead atoms. The average molecular weight is 1040 g/mol. The molecule has 0 amide bonds. The maximum Gasteiger partial charge on any atom is 0.149 e. The van der Waals surface area contributed by atoms with Crippen LogP contribution >= 0.6 is 45.2 Å². The van der Waals surface area contributed by atoms with Gasteiger partial charge in [-0.25, -0.2) is 9.26 Å². The summed E-state index contributed by atoms with van der Waals surface area (Å²) in [5, 5.41) is 18.5. The van der Waals surface area contributed by atoms with Crippen LogP contribution in [0.3, 0.4) is 0 Å². The first-order chi connectivity index (χ1) is 29.5. The summed E-state index contributed by atoms with van der Waals surface area (Å²) in [5.41, 5.74) is 14.7. The lowest BCUT2D eigenvalue weighted by atomic mass is 9.68. The third kappa shape index (κ3) is 9.40. The van der Waals surface area contributed by atoms with Crippen molar-refractivity contribution in [2.75, 3.05) is 0 Å². The number of nitrogens with zero attached hydrogens (tertiary/aromatic N) is 4. The van der Waals surface area contributed by atoms with Gasteiger partial charge in [0, 0.05) is 29.1 Å². The molecule has 0 atom stereocenters. The average Bonchev–Trinajstić information content (AvgIpc) is 4.04. The summed E-state index contributed by atoms with van der Waals surface area (Å²) in [7, 11) is 0. The number of fused-ring (bicyclic) bond motifs is 10. The van der Waals surface area contributed by atoms with Crippen LogP contribution in [0, 0.1) is 7.14 Å². The molecule has 8 heteroatoms. The number of aromatic nitrogens is 4. The molecule has 0 fully saturated rings. The first-order valence-corrected chi connectivity index (χ1v) is 26.7. The number of hydrogen-bond donors (Lipinski definition) is 0. The Morgan fingerprint density at radius 1 is 0.367 bits per heavy atom. The Labute approximate surface area is 388 Å². The summed E-state index contributed by atoms with van der Waals surface area (Å²) in [6.07, 6.45) is 35.7. The lowest BCUT2D eigenvalue weighted by Gasteiger charge is -2.35. The third-order valence-corrected chi connectivity index (χ3v) is 16.2. The molecule has 5 aromatic rings. The highest BCUT2D eigenvalue weighted by Crippen LogP contribution is 2.63. The van der Waals surface area contributed by atoms with Crippen molar-refractivity contribution in [1.82, 2.24) is 20.6 Å².